The molecule has 0 saturated heterocycles. The largest absolute Gasteiger partial charge is 0.494 e. The maximum Gasteiger partial charge on any atom is 0.273 e. The third-order valence-electron chi connectivity index (χ3n) is 3.38. The summed E-state index contributed by atoms with van der Waals surface area (Å²) in [5.41, 5.74) is 0.594. The van der Waals surface area contributed by atoms with Gasteiger partial charge in [-0.15, -0.1) is 0 Å². The van der Waals surface area contributed by atoms with Crippen LogP contribution in [0.4, 0.5) is 11.4 Å². The minimum absolute atomic E-state index is 0.125. The molecule has 0 bridgehead atoms. The number of anilines is 1. The number of hydrogen-bond acceptors (Lipinski definition) is 6. The number of nitrogens with zero attached hydrogens (tertiary/aromatic N) is 1. The Bertz CT molecular complexity index is 812. The Balaban J connectivity index is 2.14. The number of methoxy groups -OCH3 is 2. The quantitative estimate of drug-likeness (QED) is 0.394. The first kappa shape index (κ1) is 19.7. The molecular weight excluding hydrogens is 408 g/mol. The van der Waals surface area contributed by atoms with E-state index in [0.717, 1.165) is 0 Å². The van der Waals surface area contributed by atoms with Crippen molar-refractivity contribution < 1.29 is 23.9 Å². The zero-order valence-corrected chi connectivity index (χ0v) is 15.7. The summed E-state index contributed by atoms with van der Waals surface area (Å²) in [7, 11) is 2.95. The lowest BCUT2D eigenvalue weighted by Gasteiger charge is -2.12. The summed E-state index contributed by atoms with van der Waals surface area (Å²) in [5.74, 6) is 0.402. The standard InChI is InChI=1S/C17H17BrN2O6/c1-24-7-8-26-15-6-3-11(9-13(15)18)17(21)19-14-5-4-12(20(22)23)10-16(14)25-2/h3-6,9-10H,7-8H2,1-2H3,(H,19,21). The van der Waals surface area contributed by atoms with Crippen molar-refractivity contribution in [3.8, 4) is 11.5 Å². The van der Waals surface area contributed by atoms with Gasteiger partial charge in [0.2, 0.25) is 0 Å². The number of nitro groups is 1. The molecule has 0 fully saturated rings. The van der Waals surface area contributed by atoms with Crippen molar-refractivity contribution in [2.75, 3.05) is 32.8 Å². The van der Waals surface area contributed by atoms with E-state index in [2.05, 4.69) is 21.2 Å². The van der Waals surface area contributed by atoms with E-state index < -0.39 is 4.92 Å². The van der Waals surface area contributed by atoms with Crippen LogP contribution in [0.5, 0.6) is 11.5 Å². The average Bonchev–Trinajstić information content (AvgIpc) is 2.63. The third kappa shape index (κ3) is 4.93. The molecule has 0 atom stereocenters. The predicted octanol–water partition coefficient (Wildman–Crippen LogP) is 3.64. The molecule has 1 N–H and O–H groups in total. The predicted molar refractivity (Wildman–Crippen MR) is 99.1 cm³/mol. The molecule has 0 aliphatic carbocycles. The number of nitrogens with one attached hydrogen (secondary N) is 1. The van der Waals surface area contributed by atoms with Gasteiger partial charge in [-0.1, -0.05) is 0 Å². The van der Waals surface area contributed by atoms with Gasteiger partial charge in [0.05, 0.1) is 34.9 Å². The van der Waals surface area contributed by atoms with Gasteiger partial charge in [0, 0.05) is 18.7 Å². The number of amides is 1. The van der Waals surface area contributed by atoms with Crippen LogP contribution in [0.2, 0.25) is 0 Å². The van der Waals surface area contributed by atoms with E-state index in [-0.39, 0.29) is 17.3 Å². The lowest BCUT2D eigenvalue weighted by molar-refractivity contribution is -0.384. The normalized spacial score (nSPS) is 10.3. The van der Waals surface area contributed by atoms with Gasteiger partial charge in [-0.05, 0) is 40.2 Å². The van der Waals surface area contributed by atoms with E-state index in [9.17, 15) is 14.9 Å². The second-order valence-electron chi connectivity index (χ2n) is 5.08. The molecule has 0 heterocycles. The number of benzene rings is 2. The maximum absolute atomic E-state index is 12.4. The highest BCUT2D eigenvalue weighted by molar-refractivity contribution is 9.10. The van der Waals surface area contributed by atoms with Crippen molar-refractivity contribution in [2.45, 2.75) is 0 Å². The van der Waals surface area contributed by atoms with E-state index in [0.29, 0.717) is 34.7 Å². The molecule has 8 nitrogen and oxygen atoms in total. The summed E-state index contributed by atoms with van der Waals surface area (Å²) in [6, 6.07) is 8.86. The second kappa shape index (κ2) is 9.16. The maximum atomic E-state index is 12.4. The van der Waals surface area contributed by atoms with Crippen LogP contribution in [0.15, 0.2) is 40.9 Å². The number of ether oxygens (including phenoxy) is 3. The third-order valence-corrected chi connectivity index (χ3v) is 4.00. The number of hydrogen-bond donors (Lipinski definition) is 1. The first-order chi connectivity index (χ1) is 12.5. The second-order valence-corrected chi connectivity index (χ2v) is 5.94. The summed E-state index contributed by atoms with van der Waals surface area (Å²) in [6.07, 6.45) is 0. The number of rotatable bonds is 8. The number of halogens is 1. The lowest BCUT2D eigenvalue weighted by Crippen LogP contribution is -2.13. The molecule has 0 aliphatic heterocycles. The Hall–Kier alpha value is -2.65. The minimum atomic E-state index is -0.534. The summed E-state index contributed by atoms with van der Waals surface area (Å²) >= 11 is 3.36. The zero-order chi connectivity index (χ0) is 19.1. The highest BCUT2D eigenvalue weighted by Gasteiger charge is 2.15. The molecule has 0 aromatic heterocycles. The fourth-order valence-corrected chi connectivity index (χ4v) is 2.58. The van der Waals surface area contributed by atoms with Crippen LogP contribution >= 0.6 is 15.9 Å². The Labute approximate surface area is 158 Å². The van der Waals surface area contributed by atoms with Crippen molar-refractivity contribution in [2.24, 2.45) is 0 Å². The monoisotopic (exact) mass is 424 g/mol. The van der Waals surface area contributed by atoms with E-state index >= 15 is 0 Å². The average molecular weight is 425 g/mol. The Kier molecular flexibility index (Phi) is 6.93. The van der Waals surface area contributed by atoms with Crippen molar-refractivity contribution in [3.05, 3.63) is 56.5 Å². The zero-order valence-electron chi connectivity index (χ0n) is 14.2. The van der Waals surface area contributed by atoms with Crippen molar-refractivity contribution >= 4 is 33.2 Å². The molecule has 2 aromatic rings. The molecule has 0 radical (unpaired) electrons. The van der Waals surface area contributed by atoms with Crippen LogP contribution in [0.3, 0.4) is 0 Å². The first-order valence-electron chi connectivity index (χ1n) is 7.51. The van der Waals surface area contributed by atoms with Crippen molar-refractivity contribution in [1.29, 1.82) is 0 Å². The minimum Gasteiger partial charge on any atom is -0.494 e. The highest BCUT2D eigenvalue weighted by atomic mass is 79.9. The number of carbonyl (C=O) groups is 1. The molecule has 1 amide bonds. The number of nitro benzene ring substituents is 1. The molecule has 2 aromatic carbocycles. The van der Waals surface area contributed by atoms with Gasteiger partial charge in [0.15, 0.2) is 0 Å². The van der Waals surface area contributed by atoms with Crippen LogP contribution in [-0.4, -0.2) is 38.3 Å². The molecule has 9 heteroatoms. The van der Waals surface area contributed by atoms with E-state index in [1.807, 2.05) is 0 Å². The number of carbonyl (C=O) groups excluding carboxylic acids is 1. The molecule has 138 valence electrons. The Morgan fingerprint density at radius 3 is 2.54 bits per heavy atom. The summed E-state index contributed by atoms with van der Waals surface area (Å²) in [4.78, 5) is 22.7. The number of non-ortho nitro benzene ring substituents is 1. The molecule has 2 rings (SSSR count). The van der Waals surface area contributed by atoms with Gasteiger partial charge in [0.25, 0.3) is 11.6 Å². The van der Waals surface area contributed by atoms with Gasteiger partial charge in [-0.3, -0.25) is 14.9 Å². The fourth-order valence-electron chi connectivity index (χ4n) is 2.09. The fraction of sp³-hybridized carbons (Fsp3) is 0.235. The summed E-state index contributed by atoms with van der Waals surface area (Å²) in [5, 5.41) is 13.5. The van der Waals surface area contributed by atoms with E-state index in [4.69, 9.17) is 14.2 Å². The Morgan fingerprint density at radius 1 is 1.15 bits per heavy atom. The van der Waals surface area contributed by atoms with Gasteiger partial charge in [-0.25, -0.2) is 0 Å². The SMILES string of the molecule is COCCOc1ccc(C(=O)Nc2ccc([N+](=O)[O-])cc2OC)cc1Br. The van der Waals surface area contributed by atoms with Gasteiger partial charge in [-0.2, -0.15) is 0 Å². The molecule has 0 saturated carbocycles. The van der Waals surface area contributed by atoms with E-state index in [1.165, 1.54) is 25.3 Å². The van der Waals surface area contributed by atoms with Crippen LogP contribution < -0.4 is 14.8 Å². The van der Waals surface area contributed by atoms with Gasteiger partial charge >= 0.3 is 0 Å². The topological polar surface area (TPSA) is 99.9 Å². The van der Waals surface area contributed by atoms with Crippen LogP contribution in [0.25, 0.3) is 0 Å². The lowest BCUT2D eigenvalue weighted by atomic mass is 10.2. The van der Waals surface area contributed by atoms with Crippen LogP contribution in [0, 0.1) is 10.1 Å². The molecule has 0 spiro atoms. The first-order valence-corrected chi connectivity index (χ1v) is 8.30. The molecule has 26 heavy (non-hydrogen) atoms. The van der Waals surface area contributed by atoms with Gasteiger partial charge < -0.3 is 19.5 Å². The summed E-state index contributed by atoms with van der Waals surface area (Å²) in [6.45, 7) is 0.843. The van der Waals surface area contributed by atoms with Crippen molar-refractivity contribution in [1.82, 2.24) is 0 Å². The van der Waals surface area contributed by atoms with Crippen LogP contribution in [-0.2, 0) is 4.74 Å². The van der Waals surface area contributed by atoms with E-state index in [1.54, 1.807) is 25.3 Å². The van der Waals surface area contributed by atoms with Crippen LogP contribution in [0.1, 0.15) is 10.4 Å². The Morgan fingerprint density at radius 2 is 1.92 bits per heavy atom. The van der Waals surface area contributed by atoms with Crippen molar-refractivity contribution in [3.63, 3.8) is 0 Å². The van der Waals surface area contributed by atoms with Gasteiger partial charge in [0.1, 0.15) is 18.1 Å². The smallest absolute Gasteiger partial charge is 0.273 e. The molecular formula is C17H17BrN2O6. The summed E-state index contributed by atoms with van der Waals surface area (Å²) < 4.78 is 16.2. The highest BCUT2D eigenvalue weighted by Crippen LogP contribution is 2.30. The molecule has 0 unspecified atom stereocenters. The molecule has 0 aliphatic rings.